The molecular formula is C34H33F3N6O3. The first-order valence-corrected chi connectivity index (χ1v) is 15.7. The van der Waals surface area contributed by atoms with Crippen molar-refractivity contribution >= 4 is 17.6 Å². The van der Waals surface area contributed by atoms with Gasteiger partial charge in [0.1, 0.15) is 17.1 Å². The lowest BCUT2D eigenvalue weighted by Gasteiger charge is -2.39. The van der Waals surface area contributed by atoms with Crippen LogP contribution in [-0.2, 0) is 6.54 Å². The van der Waals surface area contributed by atoms with Crippen LogP contribution in [0.5, 0.6) is 0 Å². The lowest BCUT2D eigenvalue weighted by Crippen LogP contribution is -2.58. The molecule has 0 atom stereocenters. The summed E-state index contributed by atoms with van der Waals surface area (Å²) in [5, 5.41) is 15.4. The van der Waals surface area contributed by atoms with Crippen molar-refractivity contribution in [3.05, 3.63) is 80.9 Å². The normalized spacial score (nSPS) is 19.5. The number of benzene rings is 1. The van der Waals surface area contributed by atoms with Gasteiger partial charge in [-0.15, -0.1) is 0 Å². The van der Waals surface area contributed by atoms with Crippen LogP contribution in [-0.4, -0.2) is 57.5 Å². The van der Waals surface area contributed by atoms with Gasteiger partial charge in [-0.1, -0.05) is 6.07 Å². The highest BCUT2D eigenvalue weighted by atomic mass is 19.3. The number of carbonyl (C=O) groups is 2. The van der Waals surface area contributed by atoms with Crippen LogP contribution in [0.25, 0.3) is 11.1 Å². The fraction of sp³-hybridized carbons (Fsp3) is 0.441. The largest absolute Gasteiger partial charge is 0.326 e. The summed E-state index contributed by atoms with van der Waals surface area (Å²) in [7, 11) is 0. The SMILES string of the molecule is N#Cc1ccc(-c2cc(NC(=O)c3cc(CNCC4(F)CCC4)cn(C4CC4)c3=O)nc(C3CC3)c2)c(C(=O)N2CC(F)(F)C2)c1. The van der Waals surface area contributed by atoms with Gasteiger partial charge in [-0.2, -0.15) is 5.26 Å². The van der Waals surface area contributed by atoms with Crippen molar-refractivity contribution in [3.63, 3.8) is 0 Å². The van der Waals surface area contributed by atoms with E-state index in [9.17, 15) is 32.8 Å². The number of nitrogens with one attached hydrogen (secondary N) is 2. The third-order valence-corrected chi connectivity index (χ3v) is 9.21. The third kappa shape index (κ3) is 6.16. The van der Waals surface area contributed by atoms with E-state index < -0.39 is 42.1 Å². The zero-order chi connectivity index (χ0) is 32.2. The summed E-state index contributed by atoms with van der Waals surface area (Å²) >= 11 is 0. The average molecular weight is 631 g/mol. The number of carbonyl (C=O) groups excluding carboxylic acids is 2. The Morgan fingerprint density at radius 3 is 2.41 bits per heavy atom. The summed E-state index contributed by atoms with van der Waals surface area (Å²) in [5.41, 5.74) is 0.947. The molecule has 3 aliphatic carbocycles. The van der Waals surface area contributed by atoms with Crippen molar-refractivity contribution in [2.45, 2.75) is 75.0 Å². The van der Waals surface area contributed by atoms with Crippen molar-refractivity contribution in [2.75, 3.05) is 25.0 Å². The Hall–Kier alpha value is -4.50. The summed E-state index contributed by atoms with van der Waals surface area (Å²) in [4.78, 5) is 46.0. The van der Waals surface area contributed by atoms with Crippen molar-refractivity contribution in [1.29, 1.82) is 5.26 Å². The minimum Gasteiger partial charge on any atom is -0.326 e. The van der Waals surface area contributed by atoms with E-state index >= 15 is 0 Å². The fourth-order valence-corrected chi connectivity index (χ4v) is 6.12. The maximum Gasteiger partial charge on any atom is 0.282 e. The molecule has 1 saturated heterocycles. The van der Waals surface area contributed by atoms with E-state index in [2.05, 4.69) is 15.6 Å². The highest BCUT2D eigenvalue weighted by Gasteiger charge is 2.47. The molecule has 4 fully saturated rings. The first-order valence-electron chi connectivity index (χ1n) is 15.7. The van der Waals surface area contributed by atoms with Crippen LogP contribution < -0.4 is 16.2 Å². The number of rotatable bonds is 10. The molecule has 3 aromatic rings. The van der Waals surface area contributed by atoms with Crippen LogP contribution in [0.2, 0.25) is 0 Å². The highest BCUT2D eigenvalue weighted by Crippen LogP contribution is 2.42. The number of alkyl halides is 3. The van der Waals surface area contributed by atoms with Crippen LogP contribution in [0.15, 0.2) is 47.4 Å². The van der Waals surface area contributed by atoms with Gasteiger partial charge in [-0.25, -0.2) is 18.2 Å². The second-order valence-corrected chi connectivity index (χ2v) is 13.1. The second kappa shape index (κ2) is 11.4. The summed E-state index contributed by atoms with van der Waals surface area (Å²) in [6, 6.07) is 11.5. The zero-order valence-corrected chi connectivity index (χ0v) is 25.1. The number of anilines is 1. The molecule has 2 amide bonds. The number of aromatic nitrogens is 2. The second-order valence-electron chi connectivity index (χ2n) is 13.1. The molecule has 1 aromatic carbocycles. The van der Waals surface area contributed by atoms with Gasteiger partial charge in [0.2, 0.25) is 0 Å². The van der Waals surface area contributed by atoms with E-state index in [4.69, 9.17) is 0 Å². The van der Waals surface area contributed by atoms with Gasteiger partial charge in [0.25, 0.3) is 23.3 Å². The molecule has 0 spiro atoms. The maximum absolute atomic E-state index is 14.5. The van der Waals surface area contributed by atoms with E-state index in [0.29, 0.717) is 41.8 Å². The molecule has 2 aromatic heterocycles. The van der Waals surface area contributed by atoms with E-state index in [1.54, 1.807) is 29.0 Å². The Bertz CT molecular complexity index is 1830. The van der Waals surface area contributed by atoms with Gasteiger partial charge in [0.05, 0.1) is 24.7 Å². The first kappa shape index (κ1) is 30.2. The summed E-state index contributed by atoms with van der Waals surface area (Å²) in [6.45, 7) is -0.891. The molecule has 1 aliphatic heterocycles. The lowest BCUT2D eigenvalue weighted by atomic mass is 9.82. The lowest BCUT2D eigenvalue weighted by molar-refractivity contribution is -0.113. The van der Waals surface area contributed by atoms with Crippen molar-refractivity contribution in [3.8, 4) is 17.2 Å². The monoisotopic (exact) mass is 630 g/mol. The molecule has 7 rings (SSSR count). The molecule has 0 unspecified atom stereocenters. The van der Waals surface area contributed by atoms with E-state index in [1.807, 2.05) is 12.1 Å². The number of halogens is 3. The highest BCUT2D eigenvalue weighted by molar-refractivity contribution is 6.05. The van der Waals surface area contributed by atoms with E-state index in [0.717, 1.165) is 37.0 Å². The Morgan fingerprint density at radius 1 is 1.02 bits per heavy atom. The molecule has 3 heterocycles. The van der Waals surface area contributed by atoms with Gasteiger partial charge in [-0.05, 0) is 92.0 Å². The molecule has 46 heavy (non-hydrogen) atoms. The smallest absolute Gasteiger partial charge is 0.282 e. The van der Waals surface area contributed by atoms with Crippen LogP contribution in [0.1, 0.15) is 94.4 Å². The van der Waals surface area contributed by atoms with Crippen molar-refractivity contribution in [2.24, 2.45) is 0 Å². The molecule has 0 bridgehead atoms. The van der Waals surface area contributed by atoms with Gasteiger partial charge in [0.15, 0.2) is 0 Å². The van der Waals surface area contributed by atoms with Gasteiger partial charge < -0.3 is 20.1 Å². The van der Waals surface area contributed by atoms with E-state index in [-0.39, 0.29) is 41.0 Å². The number of nitrogens with zero attached hydrogens (tertiary/aromatic N) is 4. The van der Waals surface area contributed by atoms with Crippen LogP contribution in [0.4, 0.5) is 19.0 Å². The average Bonchev–Trinajstić information content (AvgIpc) is 3.92. The van der Waals surface area contributed by atoms with Gasteiger partial charge in [0, 0.05) is 42.5 Å². The minimum absolute atomic E-state index is 0.0137. The molecular weight excluding hydrogens is 597 g/mol. The van der Waals surface area contributed by atoms with Crippen molar-refractivity contribution in [1.82, 2.24) is 19.8 Å². The zero-order valence-electron chi connectivity index (χ0n) is 25.1. The number of nitriles is 1. The summed E-state index contributed by atoms with van der Waals surface area (Å²) in [6.07, 6.45) is 7.11. The fourth-order valence-electron chi connectivity index (χ4n) is 6.12. The molecule has 9 nitrogen and oxygen atoms in total. The minimum atomic E-state index is -2.95. The van der Waals surface area contributed by atoms with Crippen LogP contribution >= 0.6 is 0 Å². The molecule has 0 radical (unpaired) electrons. The topological polar surface area (TPSA) is 120 Å². The quantitative estimate of drug-likeness (QED) is 0.313. The molecule has 2 N–H and O–H groups in total. The molecule has 238 valence electrons. The number of pyridine rings is 2. The Balaban J connectivity index is 1.19. The Labute approximate surface area is 263 Å². The standard InChI is InChI=1S/C34H33F3N6O3/c35-33(8-1-9-33)17-39-15-21-11-27(32(46)43(16-21)24-5-6-24)30(44)41-29-13-23(12-28(40-29)22-3-4-22)25-7-2-20(14-38)10-26(25)31(45)42-18-34(36,37)19-42/h2,7,10-13,16,22,24,39H,1,3-6,8-9,15,17-19H2,(H,40,41,44). The third-order valence-electron chi connectivity index (χ3n) is 9.21. The summed E-state index contributed by atoms with van der Waals surface area (Å²) in [5.74, 6) is -3.89. The number of amides is 2. The number of hydrogen-bond acceptors (Lipinski definition) is 6. The predicted molar refractivity (Wildman–Crippen MR) is 164 cm³/mol. The molecule has 4 aliphatic rings. The van der Waals surface area contributed by atoms with Crippen molar-refractivity contribution < 1.29 is 22.8 Å². The predicted octanol–water partition coefficient (Wildman–Crippen LogP) is 5.32. The Morgan fingerprint density at radius 2 is 1.78 bits per heavy atom. The van der Waals surface area contributed by atoms with Gasteiger partial charge in [-0.3, -0.25) is 14.4 Å². The number of hydrogen-bond donors (Lipinski definition) is 2. The molecule has 12 heteroatoms. The van der Waals surface area contributed by atoms with Crippen LogP contribution in [0.3, 0.4) is 0 Å². The summed E-state index contributed by atoms with van der Waals surface area (Å²) < 4.78 is 43.3. The maximum atomic E-state index is 14.5. The molecule has 3 saturated carbocycles. The Kier molecular flexibility index (Phi) is 7.47. The van der Waals surface area contributed by atoms with Gasteiger partial charge >= 0.3 is 0 Å². The first-order chi connectivity index (χ1) is 22.0. The van der Waals surface area contributed by atoms with E-state index in [1.165, 1.54) is 12.1 Å². The van der Waals surface area contributed by atoms with Crippen LogP contribution in [0, 0.1) is 11.3 Å². The number of likely N-dealkylation sites (tertiary alicyclic amines) is 1.